The summed E-state index contributed by atoms with van der Waals surface area (Å²) >= 11 is 0. The Morgan fingerprint density at radius 2 is 2.00 bits per heavy atom. The monoisotopic (exact) mass is 197 g/mol. The summed E-state index contributed by atoms with van der Waals surface area (Å²) in [5.41, 5.74) is 0. The van der Waals surface area contributed by atoms with Crippen LogP contribution < -0.4 is 0 Å². The van der Waals surface area contributed by atoms with Gasteiger partial charge in [-0.05, 0) is 38.6 Å². The Kier molecular flexibility index (Phi) is 2.52. The fourth-order valence-electron chi connectivity index (χ4n) is 2.94. The van der Waals surface area contributed by atoms with Gasteiger partial charge in [0.1, 0.15) is 0 Å². The molecule has 2 rings (SSSR count). The molecule has 3 nitrogen and oxygen atoms in total. The standard InChI is InChI=1S/C11H19NO2/c1-7-5-9(6-7)12-4-3-10(8(12)2)11(13)14/h7-10H,3-6H2,1-2H3,(H,13,14). The van der Waals surface area contributed by atoms with Gasteiger partial charge in [0.05, 0.1) is 5.92 Å². The maximum atomic E-state index is 10.9. The highest BCUT2D eigenvalue weighted by Gasteiger charge is 2.42. The van der Waals surface area contributed by atoms with Gasteiger partial charge in [-0.1, -0.05) is 6.92 Å². The maximum Gasteiger partial charge on any atom is 0.308 e. The lowest BCUT2D eigenvalue weighted by molar-refractivity contribution is -0.142. The Morgan fingerprint density at radius 3 is 2.43 bits per heavy atom. The number of hydrogen-bond donors (Lipinski definition) is 1. The van der Waals surface area contributed by atoms with Gasteiger partial charge in [0.15, 0.2) is 0 Å². The van der Waals surface area contributed by atoms with Crippen LogP contribution in [0.4, 0.5) is 0 Å². The van der Waals surface area contributed by atoms with Gasteiger partial charge in [0.25, 0.3) is 0 Å². The molecule has 0 aromatic rings. The van der Waals surface area contributed by atoms with E-state index in [1.54, 1.807) is 0 Å². The lowest BCUT2D eigenvalue weighted by Gasteiger charge is -2.42. The average Bonchev–Trinajstić information content (AvgIpc) is 2.41. The lowest BCUT2D eigenvalue weighted by Crippen LogP contribution is -2.47. The van der Waals surface area contributed by atoms with E-state index in [9.17, 15) is 4.79 Å². The highest BCUT2D eigenvalue weighted by atomic mass is 16.4. The minimum atomic E-state index is -0.618. The van der Waals surface area contributed by atoms with Gasteiger partial charge >= 0.3 is 5.97 Å². The van der Waals surface area contributed by atoms with E-state index >= 15 is 0 Å². The summed E-state index contributed by atoms with van der Waals surface area (Å²) in [4.78, 5) is 13.3. The SMILES string of the molecule is CC1CC(N2CCC(C(=O)O)C2C)C1. The summed E-state index contributed by atoms with van der Waals surface area (Å²) < 4.78 is 0. The predicted octanol–water partition coefficient (Wildman–Crippen LogP) is 1.58. The van der Waals surface area contributed by atoms with Crippen LogP contribution in [0, 0.1) is 11.8 Å². The van der Waals surface area contributed by atoms with E-state index in [2.05, 4.69) is 18.7 Å². The number of nitrogens with zero attached hydrogens (tertiary/aromatic N) is 1. The molecule has 2 unspecified atom stereocenters. The van der Waals surface area contributed by atoms with Crippen LogP contribution in [0.25, 0.3) is 0 Å². The number of carboxylic acid groups (broad SMARTS) is 1. The van der Waals surface area contributed by atoms with Gasteiger partial charge in [0, 0.05) is 12.1 Å². The topological polar surface area (TPSA) is 40.5 Å². The highest BCUT2D eigenvalue weighted by molar-refractivity contribution is 5.71. The van der Waals surface area contributed by atoms with E-state index in [1.165, 1.54) is 12.8 Å². The number of carbonyl (C=O) groups is 1. The molecular weight excluding hydrogens is 178 g/mol. The van der Waals surface area contributed by atoms with E-state index in [4.69, 9.17) is 5.11 Å². The third-order valence-electron chi connectivity index (χ3n) is 3.94. The zero-order chi connectivity index (χ0) is 10.3. The molecule has 2 aliphatic rings. The first kappa shape index (κ1) is 9.97. The summed E-state index contributed by atoms with van der Waals surface area (Å²) in [7, 11) is 0. The summed E-state index contributed by atoms with van der Waals surface area (Å²) in [5, 5.41) is 9.00. The minimum Gasteiger partial charge on any atom is -0.481 e. The van der Waals surface area contributed by atoms with Crippen molar-refractivity contribution in [3.05, 3.63) is 0 Å². The molecule has 80 valence electrons. The summed E-state index contributed by atoms with van der Waals surface area (Å²) in [6, 6.07) is 0.911. The smallest absolute Gasteiger partial charge is 0.308 e. The van der Waals surface area contributed by atoms with Crippen molar-refractivity contribution in [2.75, 3.05) is 6.54 Å². The molecule has 0 aromatic carbocycles. The molecule has 0 bridgehead atoms. The molecule has 0 amide bonds. The van der Waals surface area contributed by atoms with Crippen LogP contribution in [-0.4, -0.2) is 34.6 Å². The Bertz CT molecular complexity index is 235. The molecule has 2 fully saturated rings. The normalized spacial score (nSPS) is 43.6. The zero-order valence-electron chi connectivity index (χ0n) is 8.94. The van der Waals surface area contributed by atoms with Gasteiger partial charge in [-0.2, -0.15) is 0 Å². The molecule has 1 saturated carbocycles. The molecule has 1 saturated heterocycles. The van der Waals surface area contributed by atoms with Gasteiger partial charge in [-0.15, -0.1) is 0 Å². The van der Waals surface area contributed by atoms with Gasteiger partial charge < -0.3 is 5.11 Å². The zero-order valence-corrected chi connectivity index (χ0v) is 8.94. The number of hydrogen-bond acceptors (Lipinski definition) is 2. The van der Waals surface area contributed by atoms with E-state index < -0.39 is 5.97 Å². The van der Waals surface area contributed by atoms with Crippen LogP contribution in [0.3, 0.4) is 0 Å². The van der Waals surface area contributed by atoms with Crippen molar-refractivity contribution in [2.24, 2.45) is 11.8 Å². The highest BCUT2D eigenvalue weighted by Crippen LogP contribution is 2.37. The molecule has 1 N–H and O–H groups in total. The van der Waals surface area contributed by atoms with Crippen molar-refractivity contribution < 1.29 is 9.90 Å². The van der Waals surface area contributed by atoms with E-state index in [0.29, 0.717) is 6.04 Å². The van der Waals surface area contributed by atoms with E-state index in [0.717, 1.165) is 18.9 Å². The van der Waals surface area contributed by atoms with Gasteiger partial charge in [0.2, 0.25) is 0 Å². The minimum absolute atomic E-state index is 0.133. The molecule has 0 radical (unpaired) electrons. The van der Waals surface area contributed by atoms with E-state index in [1.807, 2.05) is 0 Å². The second-order valence-electron chi connectivity index (χ2n) is 4.94. The molecule has 3 heteroatoms. The maximum absolute atomic E-state index is 10.9. The molecule has 0 spiro atoms. The van der Waals surface area contributed by atoms with Crippen molar-refractivity contribution in [2.45, 2.75) is 45.2 Å². The first-order chi connectivity index (χ1) is 6.59. The van der Waals surface area contributed by atoms with Crippen LogP contribution in [0.15, 0.2) is 0 Å². The van der Waals surface area contributed by atoms with Gasteiger partial charge in [-0.3, -0.25) is 9.69 Å². The molecule has 1 aliphatic carbocycles. The summed E-state index contributed by atoms with van der Waals surface area (Å²) in [6.07, 6.45) is 3.36. The van der Waals surface area contributed by atoms with Crippen LogP contribution >= 0.6 is 0 Å². The first-order valence-corrected chi connectivity index (χ1v) is 5.58. The Labute approximate surface area is 85.1 Å². The quantitative estimate of drug-likeness (QED) is 0.730. The largest absolute Gasteiger partial charge is 0.481 e. The Hall–Kier alpha value is -0.570. The van der Waals surface area contributed by atoms with E-state index in [-0.39, 0.29) is 12.0 Å². The molecule has 0 aromatic heterocycles. The average molecular weight is 197 g/mol. The Morgan fingerprint density at radius 1 is 1.36 bits per heavy atom. The number of carboxylic acids is 1. The number of rotatable bonds is 2. The number of likely N-dealkylation sites (tertiary alicyclic amines) is 1. The van der Waals surface area contributed by atoms with Crippen LogP contribution in [0.5, 0.6) is 0 Å². The lowest BCUT2D eigenvalue weighted by atomic mass is 9.80. The fraction of sp³-hybridized carbons (Fsp3) is 0.909. The predicted molar refractivity (Wildman–Crippen MR) is 54.1 cm³/mol. The molecule has 1 aliphatic heterocycles. The summed E-state index contributed by atoms with van der Waals surface area (Å²) in [6.45, 7) is 5.32. The summed E-state index contributed by atoms with van der Waals surface area (Å²) in [5.74, 6) is 0.0920. The molecule has 14 heavy (non-hydrogen) atoms. The van der Waals surface area contributed by atoms with Crippen molar-refractivity contribution in [3.63, 3.8) is 0 Å². The molecule has 1 heterocycles. The van der Waals surface area contributed by atoms with Crippen molar-refractivity contribution in [1.82, 2.24) is 4.90 Å². The third-order valence-corrected chi connectivity index (χ3v) is 3.94. The number of aliphatic carboxylic acids is 1. The Balaban J connectivity index is 1.93. The first-order valence-electron chi connectivity index (χ1n) is 5.58. The van der Waals surface area contributed by atoms with Crippen molar-refractivity contribution >= 4 is 5.97 Å². The van der Waals surface area contributed by atoms with Crippen molar-refractivity contribution in [3.8, 4) is 0 Å². The van der Waals surface area contributed by atoms with Gasteiger partial charge in [-0.25, -0.2) is 0 Å². The molecule has 2 atom stereocenters. The fourth-order valence-corrected chi connectivity index (χ4v) is 2.94. The third kappa shape index (κ3) is 1.54. The molecular formula is C11H19NO2. The second kappa shape index (κ2) is 3.54. The van der Waals surface area contributed by atoms with Crippen molar-refractivity contribution in [1.29, 1.82) is 0 Å². The second-order valence-corrected chi connectivity index (χ2v) is 4.94. The van der Waals surface area contributed by atoms with Crippen LogP contribution in [-0.2, 0) is 4.79 Å². The van der Waals surface area contributed by atoms with Crippen LogP contribution in [0.2, 0.25) is 0 Å². The van der Waals surface area contributed by atoms with Crippen LogP contribution in [0.1, 0.15) is 33.1 Å².